The lowest BCUT2D eigenvalue weighted by Gasteiger charge is -2.18. The minimum absolute atomic E-state index is 0.0358. The van der Waals surface area contributed by atoms with Crippen LogP contribution in [0.15, 0.2) is 30.3 Å². The molecule has 0 aromatic heterocycles. The van der Waals surface area contributed by atoms with Gasteiger partial charge < -0.3 is 5.32 Å². The average molecular weight is 356 g/mol. The van der Waals surface area contributed by atoms with Gasteiger partial charge in [0.1, 0.15) is 0 Å². The summed E-state index contributed by atoms with van der Waals surface area (Å²) in [7, 11) is 0. The molecule has 1 N–H and O–H groups in total. The van der Waals surface area contributed by atoms with Crippen molar-refractivity contribution < 1.29 is 4.79 Å². The SMILES string of the molecule is Cc1cc(C)cc(CSCC(=O)NC(C)c2cc(C)c(C)cc2C)c1. The molecule has 0 aliphatic heterocycles. The Balaban J connectivity index is 1.88. The molecule has 1 amide bonds. The van der Waals surface area contributed by atoms with Gasteiger partial charge in [0.25, 0.3) is 0 Å². The van der Waals surface area contributed by atoms with E-state index in [2.05, 4.69) is 77.2 Å². The van der Waals surface area contributed by atoms with Crippen molar-refractivity contribution in [1.29, 1.82) is 0 Å². The topological polar surface area (TPSA) is 29.1 Å². The molecule has 1 atom stereocenters. The number of hydrogen-bond donors (Lipinski definition) is 1. The van der Waals surface area contributed by atoms with Crippen molar-refractivity contribution in [2.75, 3.05) is 5.75 Å². The summed E-state index contributed by atoms with van der Waals surface area (Å²) in [6.07, 6.45) is 0. The van der Waals surface area contributed by atoms with Gasteiger partial charge in [0, 0.05) is 5.75 Å². The van der Waals surface area contributed by atoms with Gasteiger partial charge in [-0.3, -0.25) is 4.79 Å². The Hall–Kier alpha value is -1.74. The van der Waals surface area contributed by atoms with Crippen molar-refractivity contribution in [2.45, 2.75) is 53.3 Å². The van der Waals surface area contributed by atoms with E-state index < -0.39 is 0 Å². The van der Waals surface area contributed by atoms with Crippen molar-refractivity contribution >= 4 is 17.7 Å². The third-order valence-electron chi connectivity index (χ3n) is 4.51. The van der Waals surface area contributed by atoms with E-state index in [0.717, 1.165) is 5.75 Å². The molecule has 0 heterocycles. The van der Waals surface area contributed by atoms with Gasteiger partial charge in [0.15, 0.2) is 0 Å². The Morgan fingerprint density at radius 3 is 2.16 bits per heavy atom. The van der Waals surface area contributed by atoms with Gasteiger partial charge in [-0.25, -0.2) is 0 Å². The predicted molar refractivity (Wildman–Crippen MR) is 109 cm³/mol. The van der Waals surface area contributed by atoms with Crippen molar-refractivity contribution in [3.8, 4) is 0 Å². The lowest BCUT2D eigenvalue weighted by Crippen LogP contribution is -2.28. The first kappa shape index (κ1) is 19.6. The van der Waals surface area contributed by atoms with E-state index in [0.29, 0.717) is 5.75 Å². The van der Waals surface area contributed by atoms with E-state index in [1.54, 1.807) is 11.8 Å². The molecular weight excluding hydrogens is 326 g/mol. The first-order valence-corrected chi connectivity index (χ1v) is 9.93. The molecule has 134 valence electrons. The number of hydrogen-bond acceptors (Lipinski definition) is 2. The fourth-order valence-electron chi connectivity index (χ4n) is 3.22. The predicted octanol–water partition coefficient (Wildman–Crippen LogP) is 5.34. The number of thioether (sulfide) groups is 1. The minimum Gasteiger partial charge on any atom is -0.349 e. The van der Waals surface area contributed by atoms with Crippen LogP contribution in [-0.2, 0) is 10.5 Å². The van der Waals surface area contributed by atoms with Gasteiger partial charge >= 0.3 is 0 Å². The maximum atomic E-state index is 12.3. The van der Waals surface area contributed by atoms with Gasteiger partial charge in [-0.1, -0.05) is 41.5 Å². The Bertz CT molecular complexity index is 747. The standard InChI is InChI=1S/C22H29NOS/c1-14-7-15(2)9-20(8-14)12-25-13-22(24)23-19(6)21-11-17(4)16(3)10-18(21)5/h7-11,19H,12-13H2,1-6H3,(H,23,24). The number of nitrogens with one attached hydrogen (secondary N) is 1. The van der Waals surface area contributed by atoms with E-state index in [4.69, 9.17) is 0 Å². The second kappa shape index (κ2) is 8.57. The fraction of sp³-hybridized carbons (Fsp3) is 0.409. The smallest absolute Gasteiger partial charge is 0.230 e. The molecule has 2 aromatic carbocycles. The van der Waals surface area contributed by atoms with E-state index in [1.807, 2.05) is 0 Å². The van der Waals surface area contributed by atoms with E-state index in [9.17, 15) is 4.79 Å². The van der Waals surface area contributed by atoms with E-state index >= 15 is 0 Å². The second-order valence-electron chi connectivity index (χ2n) is 7.07. The third kappa shape index (κ3) is 5.64. The van der Waals surface area contributed by atoms with Crippen LogP contribution in [0.5, 0.6) is 0 Å². The van der Waals surface area contributed by atoms with Crippen LogP contribution in [0.2, 0.25) is 0 Å². The number of amides is 1. The summed E-state index contributed by atoms with van der Waals surface area (Å²) < 4.78 is 0. The molecule has 0 saturated carbocycles. The average Bonchev–Trinajstić information content (AvgIpc) is 2.49. The summed E-state index contributed by atoms with van der Waals surface area (Å²) >= 11 is 1.67. The zero-order valence-electron chi connectivity index (χ0n) is 16.2. The Kier molecular flexibility index (Phi) is 6.71. The van der Waals surface area contributed by atoms with Crippen LogP contribution in [0, 0.1) is 34.6 Å². The zero-order valence-corrected chi connectivity index (χ0v) is 17.0. The summed E-state index contributed by atoms with van der Waals surface area (Å²) in [5.74, 6) is 1.45. The van der Waals surface area contributed by atoms with Crippen molar-refractivity contribution in [1.82, 2.24) is 5.32 Å². The first-order chi connectivity index (χ1) is 11.8. The van der Waals surface area contributed by atoms with Gasteiger partial charge in [-0.2, -0.15) is 0 Å². The zero-order chi connectivity index (χ0) is 18.6. The maximum absolute atomic E-state index is 12.3. The Labute approximate surface area is 156 Å². The molecule has 0 saturated heterocycles. The summed E-state index contributed by atoms with van der Waals surface area (Å²) in [4.78, 5) is 12.3. The summed E-state index contributed by atoms with van der Waals surface area (Å²) in [6, 6.07) is 11.0. The van der Waals surface area contributed by atoms with Gasteiger partial charge in [0.05, 0.1) is 11.8 Å². The molecule has 0 radical (unpaired) electrons. The first-order valence-electron chi connectivity index (χ1n) is 8.78. The van der Waals surface area contributed by atoms with Crippen LogP contribution in [0.4, 0.5) is 0 Å². The lowest BCUT2D eigenvalue weighted by molar-refractivity contribution is -0.119. The largest absolute Gasteiger partial charge is 0.349 e. The minimum atomic E-state index is 0.0358. The molecule has 0 spiro atoms. The number of carbonyl (C=O) groups is 1. The van der Waals surface area contributed by atoms with Gasteiger partial charge in [-0.15, -0.1) is 11.8 Å². The molecule has 2 rings (SSSR count). The number of rotatable bonds is 6. The molecule has 0 aliphatic rings. The van der Waals surface area contributed by atoms with Crippen LogP contribution in [0.1, 0.15) is 51.9 Å². The highest BCUT2D eigenvalue weighted by molar-refractivity contribution is 7.99. The molecule has 0 fully saturated rings. The Morgan fingerprint density at radius 1 is 0.920 bits per heavy atom. The summed E-state index contributed by atoms with van der Waals surface area (Å²) in [5, 5.41) is 3.13. The molecule has 0 aliphatic carbocycles. The van der Waals surface area contributed by atoms with Crippen molar-refractivity contribution in [3.63, 3.8) is 0 Å². The normalized spacial score (nSPS) is 12.1. The number of benzene rings is 2. The third-order valence-corrected chi connectivity index (χ3v) is 5.51. The molecule has 1 unspecified atom stereocenters. The van der Waals surface area contributed by atoms with Crippen molar-refractivity contribution in [3.05, 3.63) is 69.3 Å². The molecule has 2 aromatic rings. The summed E-state index contributed by atoms with van der Waals surface area (Å²) in [5.41, 5.74) is 8.84. The fourth-order valence-corrected chi connectivity index (χ4v) is 4.00. The van der Waals surface area contributed by atoms with Crippen LogP contribution >= 0.6 is 11.8 Å². The highest BCUT2D eigenvalue weighted by Gasteiger charge is 2.13. The van der Waals surface area contributed by atoms with Crippen LogP contribution in [0.25, 0.3) is 0 Å². The van der Waals surface area contributed by atoms with Gasteiger partial charge in [0.2, 0.25) is 5.91 Å². The van der Waals surface area contributed by atoms with Crippen molar-refractivity contribution in [2.24, 2.45) is 0 Å². The second-order valence-corrected chi connectivity index (χ2v) is 8.06. The van der Waals surface area contributed by atoms with Gasteiger partial charge in [-0.05, 0) is 69.4 Å². The molecule has 25 heavy (non-hydrogen) atoms. The van der Waals surface area contributed by atoms with Crippen LogP contribution in [0.3, 0.4) is 0 Å². The molecule has 2 nitrogen and oxygen atoms in total. The molecule has 0 bridgehead atoms. The monoisotopic (exact) mass is 355 g/mol. The quantitative estimate of drug-likeness (QED) is 0.758. The number of aryl methyl sites for hydroxylation is 5. The van der Waals surface area contributed by atoms with E-state index in [-0.39, 0.29) is 11.9 Å². The van der Waals surface area contributed by atoms with E-state index in [1.165, 1.54) is 38.9 Å². The maximum Gasteiger partial charge on any atom is 0.230 e. The lowest BCUT2D eigenvalue weighted by atomic mass is 9.96. The highest BCUT2D eigenvalue weighted by atomic mass is 32.2. The molecular formula is C22H29NOS. The van der Waals surface area contributed by atoms with Crippen LogP contribution in [-0.4, -0.2) is 11.7 Å². The van der Waals surface area contributed by atoms with Crippen LogP contribution < -0.4 is 5.32 Å². The summed E-state index contributed by atoms with van der Waals surface area (Å²) in [6.45, 7) is 12.6. The molecule has 3 heteroatoms. The Morgan fingerprint density at radius 2 is 1.52 bits per heavy atom. The number of carbonyl (C=O) groups excluding carboxylic acids is 1. The highest BCUT2D eigenvalue weighted by Crippen LogP contribution is 2.22.